The summed E-state index contributed by atoms with van der Waals surface area (Å²) in [5, 5.41) is 10.8. The van der Waals surface area contributed by atoms with Gasteiger partial charge in [0, 0.05) is 32.7 Å². The molecule has 3 unspecified atom stereocenters. The zero-order chi connectivity index (χ0) is 14.0. The van der Waals surface area contributed by atoms with E-state index in [0.29, 0.717) is 31.7 Å². The molecule has 2 fully saturated rings. The van der Waals surface area contributed by atoms with Crippen molar-refractivity contribution in [1.82, 2.24) is 0 Å². The van der Waals surface area contributed by atoms with Crippen molar-refractivity contribution in [2.45, 2.75) is 43.8 Å². The number of hydrogen-bond donors (Lipinski definition) is 1. The molecule has 3 atom stereocenters. The number of aliphatic hydroxyl groups excluding tert-OH is 1. The molecule has 3 heteroatoms. The summed E-state index contributed by atoms with van der Waals surface area (Å²) in [5.41, 5.74) is 0.955. The van der Waals surface area contributed by atoms with Crippen LogP contribution in [-0.4, -0.2) is 36.6 Å². The molecule has 0 radical (unpaired) electrons. The minimum atomic E-state index is -0.388. The second-order valence-electron chi connectivity index (χ2n) is 5.97. The zero-order valence-electron chi connectivity index (χ0n) is 12.1. The van der Waals surface area contributed by atoms with E-state index in [2.05, 4.69) is 24.3 Å². The van der Waals surface area contributed by atoms with Gasteiger partial charge in [-0.1, -0.05) is 30.3 Å². The lowest BCUT2D eigenvalue weighted by Gasteiger charge is -2.41. The maximum Gasteiger partial charge on any atom is 0.0986 e. The third-order valence-electron chi connectivity index (χ3n) is 4.78. The highest BCUT2D eigenvalue weighted by molar-refractivity contribution is 5.27. The van der Waals surface area contributed by atoms with Gasteiger partial charge in [0.25, 0.3) is 0 Å². The highest BCUT2D eigenvalue weighted by atomic mass is 16.5. The van der Waals surface area contributed by atoms with Crippen molar-refractivity contribution in [3.05, 3.63) is 35.9 Å². The van der Waals surface area contributed by atoms with Crippen molar-refractivity contribution < 1.29 is 14.6 Å². The van der Waals surface area contributed by atoms with Gasteiger partial charge in [-0.25, -0.2) is 0 Å². The predicted molar refractivity (Wildman–Crippen MR) is 77.7 cm³/mol. The summed E-state index contributed by atoms with van der Waals surface area (Å²) in [6.45, 7) is 4.05. The molecule has 2 aliphatic rings. The minimum Gasteiger partial charge on any atom is -0.390 e. The van der Waals surface area contributed by atoms with Crippen LogP contribution in [0, 0.1) is 5.92 Å². The maximum atomic E-state index is 10.8. The van der Waals surface area contributed by atoms with E-state index < -0.39 is 0 Å². The Morgan fingerprint density at radius 2 is 2.00 bits per heavy atom. The van der Waals surface area contributed by atoms with Gasteiger partial charge in [-0.15, -0.1) is 0 Å². The Balaban J connectivity index is 1.70. The normalized spacial score (nSPS) is 29.9. The highest BCUT2D eigenvalue weighted by Crippen LogP contribution is 2.53. The fourth-order valence-corrected chi connectivity index (χ4v) is 3.57. The van der Waals surface area contributed by atoms with E-state index in [4.69, 9.17) is 9.47 Å². The molecule has 0 spiro atoms. The molecule has 0 aromatic heterocycles. The molecule has 1 N–H and O–H groups in total. The van der Waals surface area contributed by atoms with Crippen molar-refractivity contribution in [3.8, 4) is 0 Å². The van der Waals surface area contributed by atoms with Crippen molar-refractivity contribution in [2.75, 3.05) is 19.8 Å². The summed E-state index contributed by atoms with van der Waals surface area (Å²) in [4.78, 5) is 0. The number of ether oxygens (including phenoxy) is 2. The van der Waals surface area contributed by atoms with E-state index in [1.54, 1.807) is 0 Å². The van der Waals surface area contributed by atoms with E-state index in [0.717, 1.165) is 19.3 Å². The molecule has 20 heavy (non-hydrogen) atoms. The van der Waals surface area contributed by atoms with Crippen molar-refractivity contribution >= 4 is 0 Å². The molecule has 1 aliphatic carbocycles. The third kappa shape index (κ3) is 2.62. The fourth-order valence-electron chi connectivity index (χ4n) is 3.57. The monoisotopic (exact) mass is 276 g/mol. The van der Waals surface area contributed by atoms with Gasteiger partial charge in [0.2, 0.25) is 0 Å². The molecule has 110 valence electrons. The van der Waals surface area contributed by atoms with Gasteiger partial charge in [-0.05, 0) is 30.7 Å². The molecule has 3 rings (SSSR count). The van der Waals surface area contributed by atoms with Gasteiger partial charge in [0.05, 0.1) is 11.7 Å². The van der Waals surface area contributed by atoms with Gasteiger partial charge in [0.1, 0.15) is 0 Å². The quantitative estimate of drug-likeness (QED) is 0.898. The Bertz CT molecular complexity index is 420. The molecular formula is C17H24O3. The molecule has 1 saturated carbocycles. The molecule has 1 aliphatic heterocycles. The van der Waals surface area contributed by atoms with Crippen molar-refractivity contribution in [2.24, 2.45) is 5.92 Å². The summed E-state index contributed by atoms with van der Waals surface area (Å²) in [6.07, 6.45) is 2.30. The SMILES string of the molecule is CCOC1(C(O)C2CC2c2ccccc2)CCOCC1. The van der Waals surface area contributed by atoms with E-state index in [-0.39, 0.29) is 11.7 Å². The predicted octanol–water partition coefficient (Wildman–Crippen LogP) is 2.74. The first kappa shape index (κ1) is 14.1. The second-order valence-corrected chi connectivity index (χ2v) is 5.97. The standard InChI is InChI=1S/C17H24O3/c1-2-20-17(8-10-19-11-9-17)16(18)15-12-14(15)13-6-4-3-5-7-13/h3-7,14-16,18H,2,8-12H2,1H3. The molecule has 1 aromatic rings. The zero-order valence-corrected chi connectivity index (χ0v) is 12.1. The average molecular weight is 276 g/mol. The summed E-state index contributed by atoms with van der Waals surface area (Å²) in [5.74, 6) is 0.827. The number of benzene rings is 1. The van der Waals surface area contributed by atoms with Crippen molar-refractivity contribution in [3.63, 3.8) is 0 Å². The second kappa shape index (κ2) is 5.84. The van der Waals surface area contributed by atoms with Crippen LogP contribution in [0.3, 0.4) is 0 Å². The largest absolute Gasteiger partial charge is 0.390 e. The number of rotatable bonds is 5. The minimum absolute atomic E-state index is 0.335. The first-order valence-electron chi connectivity index (χ1n) is 7.71. The summed E-state index contributed by atoms with van der Waals surface area (Å²) < 4.78 is 11.4. The van der Waals surface area contributed by atoms with Gasteiger partial charge in [-0.3, -0.25) is 0 Å². The first-order chi connectivity index (χ1) is 9.77. The average Bonchev–Trinajstić information content (AvgIpc) is 3.29. The smallest absolute Gasteiger partial charge is 0.0986 e. The summed E-state index contributed by atoms with van der Waals surface area (Å²) >= 11 is 0. The van der Waals surface area contributed by atoms with Crippen LogP contribution < -0.4 is 0 Å². The third-order valence-corrected chi connectivity index (χ3v) is 4.78. The van der Waals surface area contributed by atoms with E-state index >= 15 is 0 Å². The van der Waals surface area contributed by atoms with Gasteiger partial charge in [0.15, 0.2) is 0 Å². The van der Waals surface area contributed by atoms with Crippen LogP contribution in [0.5, 0.6) is 0 Å². The summed E-state index contributed by atoms with van der Waals surface area (Å²) in [7, 11) is 0. The Hall–Kier alpha value is -0.900. The first-order valence-corrected chi connectivity index (χ1v) is 7.71. The number of aliphatic hydroxyl groups is 1. The Labute approximate surface area is 120 Å². The van der Waals surface area contributed by atoms with Crippen LogP contribution in [-0.2, 0) is 9.47 Å². The lowest BCUT2D eigenvalue weighted by molar-refractivity contribution is -0.171. The Morgan fingerprint density at radius 3 is 2.65 bits per heavy atom. The lowest BCUT2D eigenvalue weighted by Crippen LogP contribution is -2.50. The fraction of sp³-hybridized carbons (Fsp3) is 0.647. The Morgan fingerprint density at radius 1 is 1.30 bits per heavy atom. The maximum absolute atomic E-state index is 10.8. The van der Waals surface area contributed by atoms with Crippen LogP contribution >= 0.6 is 0 Å². The molecule has 3 nitrogen and oxygen atoms in total. The Kier molecular flexibility index (Phi) is 4.11. The van der Waals surface area contributed by atoms with Crippen LogP contribution in [0.15, 0.2) is 30.3 Å². The van der Waals surface area contributed by atoms with E-state index in [1.165, 1.54) is 5.56 Å². The molecule has 1 saturated heterocycles. The van der Waals surface area contributed by atoms with Gasteiger partial charge in [-0.2, -0.15) is 0 Å². The van der Waals surface area contributed by atoms with Crippen LogP contribution in [0.1, 0.15) is 37.7 Å². The molecule has 0 amide bonds. The lowest BCUT2D eigenvalue weighted by atomic mass is 9.84. The summed E-state index contributed by atoms with van der Waals surface area (Å²) in [6, 6.07) is 10.5. The van der Waals surface area contributed by atoms with Crippen LogP contribution in [0.25, 0.3) is 0 Å². The van der Waals surface area contributed by atoms with Crippen molar-refractivity contribution in [1.29, 1.82) is 0 Å². The molecule has 1 heterocycles. The molecule has 1 aromatic carbocycles. The van der Waals surface area contributed by atoms with E-state index in [1.807, 2.05) is 13.0 Å². The molecule has 0 bridgehead atoms. The van der Waals surface area contributed by atoms with Gasteiger partial charge >= 0.3 is 0 Å². The van der Waals surface area contributed by atoms with Crippen LogP contribution in [0.4, 0.5) is 0 Å². The molecular weight excluding hydrogens is 252 g/mol. The van der Waals surface area contributed by atoms with Crippen LogP contribution in [0.2, 0.25) is 0 Å². The van der Waals surface area contributed by atoms with Gasteiger partial charge < -0.3 is 14.6 Å². The topological polar surface area (TPSA) is 38.7 Å². The van der Waals surface area contributed by atoms with E-state index in [9.17, 15) is 5.11 Å². The number of hydrogen-bond acceptors (Lipinski definition) is 3. The highest BCUT2D eigenvalue weighted by Gasteiger charge is 2.53.